The third-order valence-corrected chi connectivity index (χ3v) is 5.60. The predicted octanol–water partition coefficient (Wildman–Crippen LogP) is 4.69. The van der Waals surface area contributed by atoms with Crippen molar-refractivity contribution >= 4 is 28.6 Å². The topological polar surface area (TPSA) is 80.7 Å². The lowest BCUT2D eigenvalue weighted by Crippen LogP contribution is -2.23. The van der Waals surface area contributed by atoms with Gasteiger partial charge in [0.05, 0.1) is 28.2 Å². The lowest BCUT2D eigenvalue weighted by Gasteiger charge is -2.24. The number of fused-ring (bicyclic) bond motifs is 2. The summed E-state index contributed by atoms with van der Waals surface area (Å²) >= 11 is 0. The van der Waals surface area contributed by atoms with E-state index in [1.165, 1.54) is 0 Å². The molecule has 0 saturated carbocycles. The van der Waals surface area contributed by atoms with E-state index in [0.29, 0.717) is 36.0 Å². The van der Waals surface area contributed by atoms with E-state index in [0.717, 1.165) is 27.9 Å². The number of hydrogen-bond acceptors (Lipinski definition) is 6. The third kappa shape index (κ3) is 3.30. The first-order chi connectivity index (χ1) is 14.6. The highest BCUT2D eigenvalue weighted by atomic mass is 16.1. The molecule has 6 nitrogen and oxygen atoms in total. The molecule has 0 amide bonds. The second-order valence-electron chi connectivity index (χ2n) is 7.67. The summed E-state index contributed by atoms with van der Waals surface area (Å²) in [7, 11) is 0. The number of ketones is 1. The van der Waals surface area contributed by atoms with Crippen LogP contribution < -0.4 is 5.32 Å². The molecule has 2 aromatic carbocycles. The van der Waals surface area contributed by atoms with Crippen molar-refractivity contribution < 1.29 is 4.79 Å². The second kappa shape index (κ2) is 7.30. The summed E-state index contributed by atoms with van der Waals surface area (Å²) in [4.78, 5) is 31.2. The molecule has 30 heavy (non-hydrogen) atoms. The van der Waals surface area contributed by atoms with Crippen LogP contribution in [-0.2, 0) is 6.42 Å². The molecule has 0 unspecified atom stereocenters. The van der Waals surface area contributed by atoms with Crippen molar-refractivity contribution in [2.24, 2.45) is 0 Å². The average molecular weight is 395 g/mol. The van der Waals surface area contributed by atoms with E-state index < -0.39 is 0 Å². The Labute approximate surface area is 174 Å². The third-order valence-electron chi connectivity index (χ3n) is 5.60. The number of Topliss-reactive ketones (excluding diaryl/α,β-unsaturated/α-hetero) is 1. The molecule has 1 aliphatic carbocycles. The number of benzene rings is 2. The van der Waals surface area contributed by atoms with Gasteiger partial charge in [0.15, 0.2) is 5.78 Å². The molecule has 0 spiro atoms. The summed E-state index contributed by atoms with van der Waals surface area (Å²) in [5, 5.41) is 4.16. The van der Waals surface area contributed by atoms with Crippen LogP contribution in [0.25, 0.3) is 10.9 Å². The minimum Gasteiger partial charge on any atom is -0.294 e. The Morgan fingerprint density at radius 2 is 1.50 bits per heavy atom. The number of aryl methyl sites for hydroxylation is 2. The minimum atomic E-state index is 0.104. The molecule has 0 aliphatic heterocycles. The normalized spacial score (nSPS) is 15.8. The molecule has 2 heterocycles. The summed E-state index contributed by atoms with van der Waals surface area (Å²) in [6, 6.07) is 18.0. The largest absolute Gasteiger partial charge is 0.294 e. The van der Waals surface area contributed by atoms with Crippen molar-refractivity contribution in [2.45, 2.75) is 32.6 Å². The number of aromatic nitrogens is 4. The number of hydrogen-bond donors (Lipinski definition) is 1. The van der Waals surface area contributed by atoms with Gasteiger partial charge in [0.2, 0.25) is 11.9 Å². The Hall–Kier alpha value is -3.67. The number of nitrogens with one attached hydrogen (secondary N) is 1. The first-order valence-electron chi connectivity index (χ1n) is 10.0. The molecule has 0 bridgehead atoms. The molecule has 1 aliphatic rings. The fourth-order valence-electron chi connectivity index (χ4n) is 4.18. The Morgan fingerprint density at radius 3 is 2.33 bits per heavy atom. The van der Waals surface area contributed by atoms with Gasteiger partial charge in [-0.15, -0.1) is 0 Å². The van der Waals surface area contributed by atoms with Gasteiger partial charge in [-0.1, -0.05) is 48.5 Å². The van der Waals surface area contributed by atoms with Crippen LogP contribution in [0, 0.1) is 13.8 Å². The summed E-state index contributed by atoms with van der Waals surface area (Å²) in [5.41, 5.74) is 5.04. The lowest BCUT2D eigenvalue weighted by molar-refractivity contribution is 0.0962. The highest BCUT2D eigenvalue weighted by molar-refractivity contribution is 5.99. The van der Waals surface area contributed by atoms with Crippen LogP contribution in [0.1, 0.15) is 45.3 Å². The number of carbonyl (C=O) groups is 1. The van der Waals surface area contributed by atoms with Gasteiger partial charge in [-0.25, -0.2) is 19.9 Å². The van der Waals surface area contributed by atoms with E-state index >= 15 is 0 Å². The molecular formula is C24H21N5O. The monoisotopic (exact) mass is 395 g/mol. The van der Waals surface area contributed by atoms with Crippen molar-refractivity contribution in [1.82, 2.24) is 19.9 Å². The molecule has 148 valence electrons. The summed E-state index contributed by atoms with van der Waals surface area (Å²) in [6.07, 6.45) is 1.20. The number of nitrogens with zero attached hydrogens (tertiary/aromatic N) is 4. The summed E-state index contributed by atoms with van der Waals surface area (Å²) < 4.78 is 0. The van der Waals surface area contributed by atoms with E-state index in [1.807, 2.05) is 56.3 Å². The average Bonchev–Trinajstić information content (AvgIpc) is 2.74. The number of carbonyl (C=O) groups excluding carboxylic acids is 1. The van der Waals surface area contributed by atoms with Crippen LogP contribution in [0.4, 0.5) is 11.9 Å². The zero-order valence-corrected chi connectivity index (χ0v) is 16.9. The number of para-hydroxylation sites is 1. The molecule has 4 aromatic rings. The SMILES string of the molecule is Cc1nc(Nc2nc(C)c3ccccc3n2)nc2c1C(=O)C[C@@H](c1ccccc1)C2. The molecule has 1 atom stereocenters. The maximum absolute atomic E-state index is 12.8. The van der Waals surface area contributed by atoms with Crippen LogP contribution in [-0.4, -0.2) is 25.7 Å². The highest BCUT2D eigenvalue weighted by Gasteiger charge is 2.30. The Morgan fingerprint density at radius 1 is 0.800 bits per heavy atom. The van der Waals surface area contributed by atoms with Gasteiger partial charge in [0, 0.05) is 11.8 Å². The van der Waals surface area contributed by atoms with Crippen LogP contribution in [0.2, 0.25) is 0 Å². The van der Waals surface area contributed by atoms with Crippen molar-refractivity contribution in [2.75, 3.05) is 5.32 Å². The van der Waals surface area contributed by atoms with Gasteiger partial charge >= 0.3 is 0 Å². The number of anilines is 2. The Bertz CT molecular complexity index is 1270. The first-order valence-corrected chi connectivity index (χ1v) is 10.0. The molecule has 5 rings (SSSR count). The van der Waals surface area contributed by atoms with E-state index in [2.05, 4.69) is 37.4 Å². The van der Waals surface area contributed by atoms with E-state index in [1.54, 1.807) is 0 Å². The summed E-state index contributed by atoms with van der Waals surface area (Å²) in [5.74, 6) is 1.11. The highest BCUT2D eigenvalue weighted by Crippen LogP contribution is 2.33. The standard InChI is InChI=1S/C24H21N5O/c1-14-18-10-6-7-11-19(18)27-23(25-14)29-24-26-15(2)22-20(28-24)12-17(13-21(22)30)16-8-4-3-5-9-16/h3-11,17H,12-13H2,1-2H3,(H,25,26,27,28,29)/t17-/m0/s1. The van der Waals surface area contributed by atoms with Gasteiger partial charge in [-0.3, -0.25) is 10.1 Å². The van der Waals surface area contributed by atoms with Gasteiger partial charge in [0.1, 0.15) is 0 Å². The minimum absolute atomic E-state index is 0.104. The molecule has 6 heteroatoms. The molecule has 2 aromatic heterocycles. The predicted molar refractivity (Wildman–Crippen MR) is 116 cm³/mol. The van der Waals surface area contributed by atoms with E-state index in [-0.39, 0.29) is 11.7 Å². The van der Waals surface area contributed by atoms with Crippen molar-refractivity contribution in [3.63, 3.8) is 0 Å². The fourth-order valence-corrected chi connectivity index (χ4v) is 4.18. The van der Waals surface area contributed by atoms with Gasteiger partial charge < -0.3 is 0 Å². The zero-order chi connectivity index (χ0) is 20.7. The second-order valence-corrected chi connectivity index (χ2v) is 7.67. The number of rotatable bonds is 3. The van der Waals surface area contributed by atoms with E-state index in [4.69, 9.17) is 0 Å². The van der Waals surface area contributed by atoms with Crippen LogP contribution in [0.3, 0.4) is 0 Å². The molecule has 0 fully saturated rings. The van der Waals surface area contributed by atoms with Crippen molar-refractivity contribution in [1.29, 1.82) is 0 Å². The van der Waals surface area contributed by atoms with Crippen LogP contribution >= 0.6 is 0 Å². The summed E-state index contributed by atoms with van der Waals surface area (Å²) in [6.45, 7) is 3.82. The quantitative estimate of drug-likeness (QED) is 0.542. The first kappa shape index (κ1) is 18.4. The van der Waals surface area contributed by atoms with Gasteiger partial charge in [-0.05, 0) is 37.8 Å². The Balaban J connectivity index is 1.50. The molecular weight excluding hydrogens is 374 g/mol. The zero-order valence-electron chi connectivity index (χ0n) is 16.9. The molecule has 0 saturated heterocycles. The lowest BCUT2D eigenvalue weighted by atomic mass is 9.81. The molecule has 1 N–H and O–H groups in total. The van der Waals surface area contributed by atoms with Crippen LogP contribution in [0.15, 0.2) is 54.6 Å². The maximum atomic E-state index is 12.8. The smallest absolute Gasteiger partial charge is 0.230 e. The Kier molecular flexibility index (Phi) is 4.47. The fraction of sp³-hybridized carbons (Fsp3) is 0.208. The van der Waals surface area contributed by atoms with E-state index in [9.17, 15) is 4.79 Å². The van der Waals surface area contributed by atoms with Gasteiger partial charge in [-0.2, -0.15) is 0 Å². The van der Waals surface area contributed by atoms with Crippen molar-refractivity contribution in [3.05, 3.63) is 82.8 Å². The van der Waals surface area contributed by atoms with Crippen molar-refractivity contribution in [3.8, 4) is 0 Å². The van der Waals surface area contributed by atoms with Gasteiger partial charge in [0.25, 0.3) is 0 Å². The maximum Gasteiger partial charge on any atom is 0.230 e. The molecule has 0 radical (unpaired) electrons. The van der Waals surface area contributed by atoms with Crippen LogP contribution in [0.5, 0.6) is 0 Å².